The first-order chi connectivity index (χ1) is 10.1. The maximum Gasteiger partial charge on any atom is 0.101 e. The first-order valence-corrected chi connectivity index (χ1v) is 8.13. The molecular weight excluding hydrogens is 272 g/mol. The fourth-order valence-electron chi connectivity index (χ4n) is 2.87. The molecule has 0 aliphatic carbocycles. The van der Waals surface area contributed by atoms with Gasteiger partial charge in [0.15, 0.2) is 0 Å². The maximum absolute atomic E-state index is 9.91. The van der Waals surface area contributed by atoms with Gasteiger partial charge in [-0.1, -0.05) is 20.3 Å². The maximum atomic E-state index is 9.91. The normalized spacial score (nSPS) is 24.1. The quantitative estimate of drug-likeness (QED) is 0.628. The summed E-state index contributed by atoms with van der Waals surface area (Å²) in [5.41, 5.74) is 0.361. The van der Waals surface area contributed by atoms with Crippen LogP contribution in [0.2, 0.25) is 0 Å². The van der Waals surface area contributed by atoms with Crippen LogP contribution in [0.4, 0.5) is 0 Å². The lowest BCUT2D eigenvalue weighted by Gasteiger charge is -2.41. The van der Waals surface area contributed by atoms with Gasteiger partial charge >= 0.3 is 0 Å². The SMILES string of the molecule is CCCC1(COCC(O)COCC2(CC)COC2)COC1. The van der Waals surface area contributed by atoms with E-state index in [-0.39, 0.29) is 10.8 Å². The molecule has 124 valence electrons. The van der Waals surface area contributed by atoms with Gasteiger partial charge in [-0.05, 0) is 12.8 Å². The molecule has 5 nitrogen and oxygen atoms in total. The van der Waals surface area contributed by atoms with E-state index in [1.807, 2.05) is 0 Å². The van der Waals surface area contributed by atoms with Crippen LogP contribution in [0.1, 0.15) is 33.1 Å². The zero-order valence-electron chi connectivity index (χ0n) is 13.4. The van der Waals surface area contributed by atoms with Gasteiger partial charge in [-0.3, -0.25) is 0 Å². The third-order valence-corrected chi connectivity index (χ3v) is 4.60. The average Bonchev–Trinajstić information content (AvgIpc) is 2.39. The fourth-order valence-corrected chi connectivity index (χ4v) is 2.87. The van der Waals surface area contributed by atoms with Gasteiger partial charge in [-0.25, -0.2) is 0 Å². The van der Waals surface area contributed by atoms with E-state index in [0.29, 0.717) is 26.4 Å². The Morgan fingerprint density at radius 1 is 0.952 bits per heavy atom. The molecule has 5 heteroatoms. The Morgan fingerprint density at radius 2 is 1.48 bits per heavy atom. The van der Waals surface area contributed by atoms with Crippen LogP contribution in [0.5, 0.6) is 0 Å². The van der Waals surface area contributed by atoms with Gasteiger partial charge in [-0.2, -0.15) is 0 Å². The summed E-state index contributed by atoms with van der Waals surface area (Å²) in [7, 11) is 0. The van der Waals surface area contributed by atoms with Crippen LogP contribution in [0, 0.1) is 10.8 Å². The number of hydrogen-bond donors (Lipinski definition) is 1. The van der Waals surface area contributed by atoms with Gasteiger partial charge in [0.1, 0.15) is 6.10 Å². The molecule has 2 aliphatic heterocycles. The van der Waals surface area contributed by atoms with Crippen LogP contribution < -0.4 is 0 Å². The minimum atomic E-state index is -0.556. The Balaban J connectivity index is 1.54. The van der Waals surface area contributed by atoms with Crippen molar-refractivity contribution in [2.45, 2.75) is 39.2 Å². The molecule has 1 N–H and O–H groups in total. The first kappa shape index (κ1) is 17.2. The van der Waals surface area contributed by atoms with Crippen molar-refractivity contribution in [1.29, 1.82) is 0 Å². The Kier molecular flexibility index (Phi) is 6.44. The second kappa shape index (κ2) is 7.88. The monoisotopic (exact) mass is 302 g/mol. The summed E-state index contributed by atoms with van der Waals surface area (Å²) in [5.74, 6) is 0. The summed E-state index contributed by atoms with van der Waals surface area (Å²) in [6.45, 7) is 9.44. The smallest absolute Gasteiger partial charge is 0.101 e. The molecule has 0 aromatic carbocycles. The van der Waals surface area contributed by atoms with E-state index in [2.05, 4.69) is 13.8 Å². The van der Waals surface area contributed by atoms with E-state index in [1.54, 1.807) is 0 Å². The fraction of sp³-hybridized carbons (Fsp3) is 1.00. The van der Waals surface area contributed by atoms with Gasteiger partial charge in [0.25, 0.3) is 0 Å². The number of rotatable bonds is 11. The first-order valence-electron chi connectivity index (χ1n) is 8.13. The summed E-state index contributed by atoms with van der Waals surface area (Å²) in [6, 6.07) is 0. The van der Waals surface area contributed by atoms with Gasteiger partial charge in [0.2, 0.25) is 0 Å². The largest absolute Gasteiger partial charge is 0.388 e. The highest BCUT2D eigenvalue weighted by atomic mass is 16.5. The van der Waals surface area contributed by atoms with Crippen LogP contribution >= 0.6 is 0 Å². The van der Waals surface area contributed by atoms with Gasteiger partial charge in [-0.15, -0.1) is 0 Å². The minimum absolute atomic E-state index is 0.176. The van der Waals surface area contributed by atoms with Crippen LogP contribution in [0.25, 0.3) is 0 Å². The third kappa shape index (κ3) is 4.63. The highest BCUT2D eigenvalue weighted by Crippen LogP contribution is 2.33. The van der Waals surface area contributed by atoms with Crippen molar-refractivity contribution in [3.8, 4) is 0 Å². The summed E-state index contributed by atoms with van der Waals surface area (Å²) in [6.07, 6.45) is 2.76. The summed E-state index contributed by atoms with van der Waals surface area (Å²) < 4.78 is 21.9. The molecule has 0 bridgehead atoms. The van der Waals surface area contributed by atoms with Crippen molar-refractivity contribution in [3.63, 3.8) is 0 Å². The van der Waals surface area contributed by atoms with Crippen LogP contribution in [-0.4, -0.2) is 64.1 Å². The molecule has 0 aromatic heterocycles. The molecule has 2 aliphatic rings. The van der Waals surface area contributed by atoms with Crippen molar-refractivity contribution in [2.24, 2.45) is 10.8 Å². The number of aliphatic hydroxyl groups excluding tert-OH is 1. The standard InChI is InChI=1S/C16H30O5/c1-3-5-16(12-21-13-16)11-19-7-14(17)6-18-8-15(4-2)9-20-10-15/h14,17H,3-13H2,1-2H3. The third-order valence-electron chi connectivity index (χ3n) is 4.60. The van der Waals surface area contributed by atoms with E-state index in [1.165, 1.54) is 0 Å². The lowest BCUT2D eigenvalue weighted by atomic mass is 9.82. The molecule has 0 spiro atoms. The molecule has 1 unspecified atom stereocenters. The predicted octanol–water partition coefficient (Wildman–Crippen LogP) is 1.62. The zero-order valence-corrected chi connectivity index (χ0v) is 13.4. The molecule has 2 saturated heterocycles. The van der Waals surface area contributed by atoms with Crippen molar-refractivity contribution >= 4 is 0 Å². The summed E-state index contributed by atoms with van der Waals surface area (Å²) in [5, 5.41) is 9.91. The molecular formula is C16H30O5. The number of ether oxygens (including phenoxy) is 4. The van der Waals surface area contributed by atoms with Crippen molar-refractivity contribution < 1.29 is 24.1 Å². The lowest BCUT2D eigenvalue weighted by Crippen LogP contribution is -2.47. The summed E-state index contributed by atoms with van der Waals surface area (Å²) >= 11 is 0. The molecule has 0 aromatic rings. The topological polar surface area (TPSA) is 57.2 Å². The molecule has 1 atom stereocenters. The highest BCUT2D eigenvalue weighted by molar-refractivity contribution is 4.85. The Morgan fingerprint density at radius 3 is 1.86 bits per heavy atom. The molecule has 2 rings (SSSR count). The second-order valence-electron chi connectivity index (χ2n) is 6.77. The second-order valence-corrected chi connectivity index (χ2v) is 6.77. The predicted molar refractivity (Wildman–Crippen MR) is 79.3 cm³/mol. The molecule has 2 heterocycles. The molecule has 0 amide bonds. The number of aliphatic hydroxyl groups is 1. The number of hydrogen-bond acceptors (Lipinski definition) is 5. The lowest BCUT2D eigenvalue weighted by molar-refractivity contribution is -0.168. The molecule has 21 heavy (non-hydrogen) atoms. The molecule has 0 saturated carbocycles. The van der Waals surface area contributed by atoms with Crippen LogP contribution in [-0.2, 0) is 18.9 Å². The van der Waals surface area contributed by atoms with E-state index >= 15 is 0 Å². The van der Waals surface area contributed by atoms with Gasteiger partial charge in [0.05, 0.1) is 52.9 Å². The van der Waals surface area contributed by atoms with Gasteiger partial charge < -0.3 is 24.1 Å². The highest BCUT2D eigenvalue weighted by Gasteiger charge is 2.38. The van der Waals surface area contributed by atoms with E-state index in [0.717, 1.165) is 45.7 Å². The van der Waals surface area contributed by atoms with E-state index in [9.17, 15) is 5.11 Å². The Hall–Kier alpha value is -0.200. The van der Waals surface area contributed by atoms with Crippen molar-refractivity contribution in [1.82, 2.24) is 0 Å². The minimum Gasteiger partial charge on any atom is -0.388 e. The zero-order chi connectivity index (χ0) is 15.2. The summed E-state index contributed by atoms with van der Waals surface area (Å²) in [4.78, 5) is 0. The molecule has 0 radical (unpaired) electrons. The van der Waals surface area contributed by atoms with Crippen LogP contribution in [0.3, 0.4) is 0 Å². The van der Waals surface area contributed by atoms with Crippen molar-refractivity contribution in [2.75, 3.05) is 52.9 Å². The Bertz CT molecular complexity index is 294. The average molecular weight is 302 g/mol. The molecule has 2 fully saturated rings. The van der Waals surface area contributed by atoms with E-state index in [4.69, 9.17) is 18.9 Å². The van der Waals surface area contributed by atoms with Crippen molar-refractivity contribution in [3.05, 3.63) is 0 Å². The van der Waals surface area contributed by atoms with Crippen LogP contribution in [0.15, 0.2) is 0 Å². The Labute approximate surface area is 127 Å². The van der Waals surface area contributed by atoms with Gasteiger partial charge in [0, 0.05) is 10.8 Å². The van der Waals surface area contributed by atoms with E-state index < -0.39 is 6.10 Å².